The second-order valence-electron chi connectivity index (χ2n) is 16.1. The molecule has 3 aromatic rings. The first-order valence-electron chi connectivity index (χ1n) is 20.4. The van der Waals surface area contributed by atoms with Gasteiger partial charge in [-0.2, -0.15) is 0 Å². The lowest BCUT2D eigenvalue weighted by Crippen LogP contribution is -2.16. The van der Waals surface area contributed by atoms with Crippen LogP contribution in [0.2, 0.25) is 0 Å². The van der Waals surface area contributed by atoms with E-state index >= 15 is 0 Å². The molecule has 1 aromatic heterocycles. The maximum atomic E-state index is 12.9. The SMILES string of the molecule is CCC1=C(C)C(=O)N/C1=C\C1=NC(=C\c2[nH]c(/C=C3\NC(=O)C(C)=C3CC)c(C)c2-c2ccc(C(=O)OCC(C)C)cc2)/C(c2ccc(C(=O)OCC(C)C)cc2)=C1C. The van der Waals surface area contributed by atoms with Crippen molar-refractivity contribution in [2.75, 3.05) is 13.2 Å². The van der Waals surface area contributed by atoms with Gasteiger partial charge in [-0.1, -0.05) is 65.8 Å². The molecule has 59 heavy (non-hydrogen) atoms. The van der Waals surface area contributed by atoms with E-state index in [0.29, 0.717) is 59.7 Å². The number of allylic oxidation sites excluding steroid dienone is 5. The summed E-state index contributed by atoms with van der Waals surface area (Å²) in [7, 11) is 0. The number of esters is 2. The highest BCUT2D eigenvalue weighted by atomic mass is 16.5. The molecule has 6 rings (SSSR count). The van der Waals surface area contributed by atoms with Crippen molar-refractivity contribution < 1.29 is 28.7 Å². The number of benzene rings is 2. The molecule has 0 spiro atoms. The molecule has 0 saturated heterocycles. The molecule has 0 radical (unpaired) electrons. The summed E-state index contributed by atoms with van der Waals surface area (Å²) < 4.78 is 11.0. The summed E-state index contributed by atoms with van der Waals surface area (Å²) in [6.45, 7) is 20.4. The van der Waals surface area contributed by atoms with E-state index in [2.05, 4.69) is 15.6 Å². The van der Waals surface area contributed by atoms with Gasteiger partial charge in [0.25, 0.3) is 11.8 Å². The molecular formula is C49H54N4O6. The van der Waals surface area contributed by atoms with Crippen LogP contribution in [-0.4, -0.2) is 47.7 Å². The summed E-state index contributed by atoms with van der Waals surface area (Å²) in [5.41, 5.74) is 13.9. The van der Waals surface area contributed by atoms with E-state index in [9.17, 15) is 19.2 Å². The van der Waals surface area contributed by atoms with E-state index in [4.69, 9.17) is 14.5 Å². The van der Waals surface area contributed by atoms with Gasteiger partial charge < -0.3 is 25.1 Å². The Morgan fingerprint density at radius 3 is 1.59 bits per heavy atom. The average molecular weight is 795 g/mol. The van der Waals surface area contributed by atoms with Crippen LogP contribution in [0, 0.1) is 18.8 Å². The van der Waals surface area contributed by atoms with E-state index in [1.54, 1.807) is 24.3 Å². The molecule has 3 N–H and O–H groups in total. The van der Waals surface area contributed by atoms with Crippen LogP contribution in [0.3, 0.4) is 0 Å². The quantitative estimate of drug-likeness (QED) is 0.147. The van der Waals surface area contributed by atoms with Gasteiger partial charge in [0.1, 0.15) is 0 Å². The first-order chi connectivity index (χ1) is 28.1. The van der Waals surface area contributed by atoms with Crippen LogP contribution in [-0.2, 0) is 19.1 Å². The number of amides is 2. The van der Waals surface area contributed by atoms with Crippen LogP contribution in [0.15, 0.2) is 105 Å². The molecule has 0 bridgehead atoms. The normalized spacial score (nSPS) is 17.7. The second-order valence-corrected chi connectivity index (χ2v) is 16.1. The number of hydrogen-bond acceptors (Lipinski definition) is 7. The molecule has 0 fully saturated rings. The van der Waals surface area contributed by atoms with Gasteiger partial charge in [0.05, 0.1) is 35.7 Å². The lowest BCUT2D eigenvalue weighted by atomic mass is 9.94. The third kappa shape index (κ3) is 8.92. The van der Waals surface area contributed by atoms with Gasteiger partial charge in [0, 0.05) is 45.1 Å². The number of carbonyl (C=O) groups excluding carboxylic acids is 4. The van der Waals surface area contributed by atoms with Crippen LogP contribution < -0.4 is 10.6 Å². The van der Waals surface area contributed by atoms with Gasteiger partial charge in [0.2, 0.25) is 0 Å². The molecule has 2 aromatic carbocycles. The van der Waals surface area contributed by atoms with Gasteiger partial charge in [-0.05, 0) is 128 Å². The minimum Gasteiger partial charge on any atom is -0.462 e. The third-order valence-electron chi connectivity index (χ3n) is 10.8. The molecule has 3 aliphatic heterocycles. The second kappa shape index (κ2) is 17.7. The number of nitrogens with one attached hydrogen (secondary N) is 3. The predicted molar refractivity (Wildman–Crippen MR) is 234 cm³/mol. The zero-order valence-corrected chi connectivity index (χ0v) is 35.7. The van der Waals surface area contributed by atoms with Crippen molar-refractivity contribution in [2.45, 2.75) is 82.1 Å². The minimum absolute atomic E-state index is 0.110. The van der Waals surface area contributed by atoms with Crippen molar-refractivity contribution in [1.82, 2.24) is 15.6 Å². The predicted octanol–water partition coefficient (Wildman–Crippen LogP) is 9.82. The number of ether oxygens (including phenoxy) is 2. The Morgan fingerprint density at radius 1 is 0.644 bits per heavy atom. The van der Waals surface area contributed by atoms with E-state index in [1.807, 2.05) is 112 Å². The average Bonchev–Trinajstić information content (AvgIpc) is 3.87. The third-order valence-corrected chi connectivity index (χ3v) is 10.8. The standard InChI is InChI=1S/C49H54N4O6/c1-11-36-28(7)46(54)52-40(36)21-38-30(9)44(32-13-17-34(18-14-32)48(56)58-24-26(3)4)42(50-38)23-43-45(33-15-19-35(20-16-33)49(57)59-25-27(5)6)31(10)39(51-43)22-41-37(12-2)29(8)47(55)53-41/h13-23,26-27,50H,11-12,24-25H2,1-10H3,(H,52,54)(H,53,55)/b40-21-,41-22-,43-23-. The maximum absolute atomic E-state index is 12.9. The van der Waals surface area contributed by atoms with Crippen LogP contribution >= 0.6 is 0 Å². The maximum Gasteiger partial charge on any atom is 0.338 e. The largest absolute Gasteiger partial charge is 0.462 e. The van der Waals surface area contributed by atoms with Crippen LogP contribution in [0.4, 0.5) is 0 Å². The van der Waals surface area contributed by atoms with E-state index < -0.39 is 0 Å². The summed E-state index contributed by atoms with van der Waals surface area (Å²) in [5, 5.41) is 6.06. The summed E-state index contributed by atoms with van der Waals surface area (Å²) in [6, 6.07) is 14.7. The number of carbonyl (C=O) groups is 4. The summed E-state index contributed by atoms with van der Waals surface area (Å²) in [4.78, 5) is 60.0. The molecule has 2 amide bonds. The number of hydrogen-bond donors (Lipinski definition) is 3. The number of rotatable bonds is 13. The van der Waals surface area contributed by atoms with Gasteiger partial charge in [-0.3, -0.25) is 9.59 Å². The Labute approximate surface area is 347 Å². The Morgan fingerprint density at radius 2 is 1.12 bits per heavy atom. The minimum atomic E-state index is -0.381. The Kier molecular flexibility index (Phi) is 12.7. The van der Waals surface area contributed by atoms with Crippen LogP contribution in [0.25, 0.3) is 28.9 Å². The summed E-state index contributed by atoms with van der Waals surface area (Å²) in [5.74, 6) is -0.559. The zero-order chi connectivity index (χ0) is 42.7. The molecule has 10 heteroatoms. The monoisotopic (exact) mass is 794 g/mol. The highest BCUT2D eigenvalue weighted by Gasteiger charge is 2.28. The lowest BCUT2D eigenvalue weighted by Gasteiger charge is -2.10. The van der Waals surface area contributed by atoms with Gasteiger partial charge in [-0.25, -0.2) is 14.6 Å². The first-order valence-corrected chi connectivity index (χ1v) is 20.4. The molecule has 0 unspecified atom stereocenters. The molecule has 3 aliphatic rings. The molecule has 10 nitrogen and oxygen atoms in total. The smallest absolute Gasteiger partial charge is 0.338 e. The lowest BCUT2D eigenvalue weighted by molar-refractivity contribution is -0.117. The zero-order valence-electron chi connectivity index (χ0n) is 35.7. The molecule has 4 heterocycles. The first kappa shape index (κ1) is 42.3. The van der Waals surface area contributed by atoms with E-state index in [1.165, 1.54) is 0 Å². The van der Waals surface area contributed by atoms with E-state index in [-0.39, 0.29) is 35.6 Å². The number of aliphatic imine (C=N–C) groups is 1. The molecule has 0 atom stereocenters. The van der Waals surface area contributed by atoms with Crippen molar-refractivity contribution in [2.24, 2.45) is 16.8 Å². The molecule has 0 saturated carbocycles. The highest BCUT2D eigenvalue weighted by molar-refractivity contribution is 6.20. The van der Waals surface area contributed by atoms with E-state index in [0.717, 1.165) is 67.3 Å². The van der Waals surface area contributed by atoms with Crippen molar-refractivity contribution in [3.63, 3.8) is 0 Å². The number of aromatic nitrogens is 1. The number of aromatic amines is 1. The van der Waals surface area contributed by atoms with Gasteiger partial charge >= 0.3 is 11.9 Å². The Balaban J connectivity index is 1.51. The van der Waals surface area contributed by atoms with Gasteiger partial charge in [-0.15, -0.1) is 0 Å². The van der Waals surface area contributed by atoms with Crippen LogP contribution in [0.5, 0.6) is 0 Å². The number of nitrogens with zero attached hydrogens (tertiary/aromatic N) is 1. The fourth-order valence-corrected chi connectivity index (χ4v) is 7.50. The summed E-state index contributed by atoms with van der Waals surface area (Å²) in [6.07, 6.45) is 7.29. The fourth-order valence-electron chi connectivity index (χ4n) is 7.50. The summed E-state index contributed by atoms with van der Waals surface area (Å²) >= 11 is 0. The Bertz CT molecular complexity index is 2440. The molecule has 306 valence electrons. The van der Waals surface area contributed by atoms with Crippen LogP contribution in [0.1, 0.15) is 118 Å². The molecule has 0 aliphatic carbocycles. The van der Waals surface area contributed by atoms with Gasteiger partial charge in [0.15, 0.2) is 0 Å². The van der Waals surface area contributed by atoms with Crippen molar-refractivity contribution in [3.8, 4) is 11.1 Å². The fraction of sp³-hybridized carbons (Fsp3) is 0.327. The Hall–Kier alpha value is -6.29. The highest BCUT2D eigenvalue weighted by Crippen LogP contribution is 2.40. The topological polar surface area (TPSA) is 139 Å². The molecular weight excluding hydrogens is 741 g/mol. The van der Waals surface area contributed by atoms with Crippen molar-refractivity contribution in [1.29, 1.82) is 0 Å². The van der Waals surface area contributed by atoms with Crippen molar-refractivity contribution in [3.05, 3.63) is 133 Å². The van der Waals surface area contributed by atoms with Crippen molar-refractivity contribution >= 4 is 47.2 Å². The number of H-pyrrole nitrogens is 1.